The van der Waals surface area contributed by atoms with Crippen LogP contribution in [0.4, 0.5) is 0 Å². The van der Waals surface area contributed by atoms with E-state index in [4.69, 9.17) is 4.98 Å². The molecule has 2 aromatic heterocycles. The third kappa shape index (κ3) is 2.46. The molecule has 3 aromatic rings. The van der Waals surface area contributed by atoms with Gasteiger partial charge in [-0.05, 0) is 62.1 Å². The number of hydrogen-bond acceptors (Lipinski definition) is 3. The average molecular weight is 320 g/mol. The SMILES string of the molecule is Cc1cc2nc(C3CCCN3C(=O)c3ccccn3)[nH]c2cc1C. The molecule has 122 valence electrons. The Labute approximate surface area is 140 Å². The quantitative estimate of drug-likeness (QED) is 0.785. The van der Waals surface area contributed by atoms with Crippen LogP contribution in [0.3, 0.4) is 0 Å². The average Bonchev–Trinajstić information content (AvgIpc) is 3.22. The number of imidazole rings is 1. The van der Waals surface area contributed by atoms with Crippen molar-refractivity contribution in [3.05, 3.63) is 59.2 Å². The maximum absolute atomic E-state index is 12.8. The molecular formula is C19H20N4O. The lowest BCUT2D eigenvalue weighted by atomic mass is 10.1. The molecule has 1 fully saturated rings. The molecule has 3 heterocycles. The number of aromatic nitrogens is 3. The number of aryl methyl sites for hydroxylation is 2. The molecule has 0 aliphatic carbocycles. The Bertz CT molecular complexity index is 861. The Morgan fingerprint density at radius 1 is 1.25 bits per heavy atom. The topological polar surface area (TPSA) is 61.9 Å². The molecule has 1 unspecified atom stereocenters. The summed E-state index contributed by atoms with van der Waals surface area (Å²) in [6, 6.07) is 9.65. The minimum atomic E-state index is -0.0223. The fraction of sp³-hybridized carbons (Fsp3) is 0.316. The van der Waals surface area contributed by atoms with Crippen molar-refractivity contribution in [2.75, 3.05) is 6.54 Å². The third-order valence-corrected chi connectivity index (χ3v) is 4.83. The molecule has 1 aliphatic heterocycles. The molecule has 0 radical (unpaired) electrons. The highest BCUT2D eigenvalue weighted by molar-refractivity contribution is 5.92. The normalized spacial score (nSPS) is 17.6. The van der Waals surface area contributed by atoms with E-state index in [0.717, 1.165) is 36.2 Å². The number of benzene rings is 1. The van der Waals surface area contributed by atoms with E-state index in [1.165, 1.54) is 11.1 Å². The van der Waals surface area contributed by atoms with Gasteiger partial charge in [0.15, 0.2) is 0 Å². The molecule has 24 heavy (non-hydrogen) atoms. The summed E-state index contributed by atoms with van der Waals surface area (Å²) < 4.78 is 0. The molecule has 5 nitrogen and oxygen atoms in total. The first-order chi connectivity index (χ1) is 11.6. The summed E-state index contributed by atoms with van der Waals surface area (Å²) >= 11 is 0. The van der Waals surface area contributed by atoms with Crippen molar-refractivity contribution in [1.29, 1.82) is 0 Å². The van der Waals surface area contributed by atoms with Gasteiger partial charge >= 0.3 is 0 Å². The van der Waals surface area contributed by atoms with Crippen molar-refractivity contribution in [2.45, 2.75) is 32.7 Å². The number of amides is 1. The summed E-state index contributed by atoms with van der Waals surface area (Å²) in [7, 11) is 0. The van der Waals surface area contributed by atoms with Crippen LogP contribution >= 0.6 is 0 Å². The number of aromatic amines is 1. The summed E-state index contributed by atoms with van der Waals surface area (Å²) in [6.45, 7) is 4.94. The van der Waals surface area contributed by atoms with E-state index < -0.39 is 0 Å². The minimum absolute atomic E-state index is 0.00693. The molecule has 1 saturated heterocycles. The molecule has 0 bridgehead atoms. The number of H-pyrrole nitrogens is 1. The lowest BCUT2D eigenvalue weighted by Gasteiger charge is -2.22. The Morgan fingerprint density at radius 3 is 2.88 bits per heavy atom. The van der Waals surface area contributed by atoms with E-state index >= 15 is 0 Å². The fourth-order valence-electron chi connectivity index (χ4n) is 3.38. The molecule has 0 spiro atoms. The van der Waals surface area contributed by atoms with Gasteiger partial charge in [0.25, 0.3) is 5.91 Å². The molecule has 1 amide bonds. The zero-order chi connectivity index (χ0) is 16.7. The predicted molar refractivity (Wildman–Crippen MR) is 92.8 cm³/mol. The van der Waals surface area contributed by atoms with Crippen LogP contribution < -0.4 is 0 Å². The van der Waals surface area contributed by atoms with Crippen molar-refractivity contribution < 1.29 is 4.79 Å². The van der Waals surface area contributed by atoms with Gasteiger partial charge < -0.3 is 9.88 Å². The molecule has 1 aliphatic rings. The van der Waals surface area contributed by atoms with Gasteiger partial charge in [0.1, 0.15) is 11.5 Å². The molecule has 1 N–H and O–H groups in total. The minimum Gasteiger partial charge on any atom is -0.340 e. The molecule has 0 saturated carbocycles. The zero-order valence-corrected chi connectivity index (χ0v) is 13.9. The van der Waals surface area contributed by atoms with Crippen molar-refractivity contribution in [2.24, 2.45) is 0 Å². The van der Waals surface area contributed by atoms with Gasteiger partial charge in [-0.25, -0.2) is 4.98 Å². The number of rotatable bonds is 2. The highest BCUT2D eigenvalue weighted by atomic mass is 16.2. The van der Waals surface area contributed by atoms with Gasteiger partial charge in [0.05, 0.1) is 17.1 Å². The second-order valence-corrected chi connectivity index (χ2v) is 6.45. The van der Waals surface area contributed by atoms with Crippen LogP contribution in [0, 0.1) is 13.8 Å². The maximum Gasteiger partial charge on any atom is 0.273 e. The summed E-state index contributed by atoms with van der Waals surface area (Å²) in [5, 5.41) is 0. The maximum atomic E-state index is 12.8. The third-order valence-electron chi connectivity index (χ3n) is 4.83. The van der Waals surface area contributed by atoms with E-state index in [9.17, 15) is 4.79 Å². The number of pyridine rings is 1. The van der Waals surface area contributed by atoms with E-state index in [0.29, 0.717) is 5.69 Å². The smallest absolute Gasteiger partial charge is 0.273 e. The number of carbonyl (C=O) groups excluding carboxylic acids is 1. The van der Waals surface area contributed by atoms with Gasteiger partial charge in [0.2, 0.25) is 0 Å². The number of nitrogens with zero attached hydrogens (tertiary/aromatic N) is 3. The summed E-state index contributed by atoms with van der Waals surface area (Å²) in [4.78, 5) is 27.0. The van der Waals surface area contributed by atoms with E-state index in [1.807, 2.05) is 17.0 Å². The first kappa shape index (κ1) is 14.9. The lowest BCUT2D eigenvalue weighted by molar-refractivity contribution is 0.0724. The van der Waals surface area contributed by atoms with Crippen LogP contribution in [-0.4, -0.2) is 32.3 Å². The van der Waals surface area contributed by atoms with Gasteiger partial charge in [-0.3, -0.25) is 9.78 Å². The van der Waals surface area contributed by atoms with Crippen LogP contribution in [0.2, 0.25) is 0 Å². The van der Waals surface area contributed by atoms with Gasteiger partial charge in [0, 0.05) is 12.7 Å². The second kappa shape index (κ2) is 5.74. The Hall–Kier alpha value is -2.69. The predicted octanol–water partition coefficient (Wildman–Crippen LogP) is 3.55. The van der Waals surface area contributed by atoms with E-state index in [-0.39, 0.29) is 11.9 Å². The summed E-state index contributed by atoms with van der Waals surface area (Å²) in [5.74, 6) is 0.850. The zero-order valence-electron chi connectivity index (χ0n) is 13.9. The Balaban J connectivity index is 1.69. The largest absolute Gasteiger partial charge is 0.340 e. The molecule has 1 aromatic carbocycles. The van der Waals surface area contributed by atoms with Crippen molar-refractivity contribution >= 4 is 16.9 Å². The number of likely N-dealkylation sites (tertiary alicyclic amines) is 1. The fourth-order valence-corrected chi connectivity index (χ4v) is 3.38. The number of carbonyl (C=O) groups is 1. The van der Waals surface area contributed by atoms with Gasteiger partial charge in [-0.15, -0.1) is 0 Å². The van der Waals surface area contributed by atoms with Gasteiger partial charge in [-0.2, -0.15) is 0 Å². The second-order valence-electron chi connectivity index (χ2n) is 6.45. The monoisotopic (exact) mass is 320 g/mol. The molecule has 4 rings (SSSR count). The van der Waals surface area contributed by atoms with Crippen molar-refractivity contribution in [1.82, 2.24) is 19.9 Å². The van der Waals surface area contributed by atoms with E-state index in [2.05, 4.69) is 35.9 Å². The molecular weight excluding hydrogens is 300 g/mol. The highest BCUT2D eigenvalue weighted by Crippen LogP contribution is 2.32. The summed E-state index contributed by atoms with van der Waals surface area (Å²) in [5.41, 5.74) is 4.96. The lowest BCUT2D eigenvalue weighted by Crippen LogP contribution is -2.31. The number of hydrogen-bond donors (Lipinski definition) is 1. The standard InChI is InChI=1S/C19H20N4O/c1-12-10-15-16(11-13(12)2)22-18(21-15)17-7-5-9-23(17)19(24)14-6-3-4-8-20-14/h3-4,6,8,10-11,17H,5,7,9H2,1-2H3,(H,21,22). The highest BCUT2D eigenvalue weighted by Gasteiger charge is 2.33. The van der Waals surface area contributed by atoms with Crippen LogP contribution in [0.1, 0.15) is 46.3 Å². The molecule has 5 heteroatoms. The molecule has 1 atom stereocenters. The van der Waals surface area contributed by atoms with Gasteiger partial charge in [-0.1, -0.05) is 6.07 Å². The first-order valence-electron chi connectivity index (χ1n) is 8.32. The Kier molecular flexibility index (Phi) is 3.56. The van der Waals surface area contributed by atoms with Crippen LogP contribution in [0.25, 0.3) is 11.0 Å². The van der Waals surface area contributed by atoms with Crippen molar-refractivity contribution in [3.63, 3.8) is 0 Å². The van der Waals surface area contributed by atoms with Crippen molar-refractivity contribution in [3.8, 4) is 0 Å². The number of nitrogens with one attached hydrogen (secondary N) is 1. The van der Waals surface area contributed by atoms with Crippen LogP contribution in [0.15, 0.2) is 36.5 Å². The Morgan fingerprint density at radius 2 is 2.08 bits per heavy atom. The van der Waals surface area contributed by atoms with Crippen LogP contribution in [-0.2, 0) is 0 Å². The summed E-state index contributed by atoms with van der Waals surface area (Å²) in [6.07, 6.45) is 3.57. The number of fused-ring (bicyclic) bond motifs is 1. The van der Waals surface area contributed by atoms with E-state index in [1.54, 1.807) is 12.3 Å². The van der Waals surface area contributed by atoms with Crippen LogP contribution in [0.5, 0.6) is 0 Å². The first-order valence-corrected chi connectivity index (χ1v) is 8.32.